The quantitative estimate of drug-likeness (QED) is 0.216. The molecular weight excluding hydrogens is 516 g/mol. The van der Waals surface area contributed by atoms with Gasteiger partial charge >= 0.3 is 5.97 Å². The summed E-state index contributed by atoms with van der Waals surface area (Å²) in [6.07, 6.45) is 5.19. The predicted molar refractivity (Wildman–Crippen MR) is 146 cm³/mol. The molecule has 4 N–H and O–H groups in total. The Morgan fingerprint density at radius 1 is 0.946 bits per heavy atom. The first kappa shape index (κ1) is 31.0. The van der Waals surface area contributed by atoms with Gasteiger partial charge in [0.1, 0.15) is 30.3 Å². The van der Waals surface area contributed by atoms with E-state index in [2.05, 4.69) is 21.3 Å². The third kappa shape index (κ3) is 9.24. The van der Waals surface area contributed by atoms with Gasteiger partial charge in [0.05, 0.1) is 6.42 Å². The number of thioether (sulfide) groups is 2. The maximum Gasteiger partial charge on any atom is 0.329 e. The number of rotatable bonds is 6. The summed E-state index contributed by atoms with van der Waals surface area (Å²) in [6, 6.07) is -3.63. The fourth-order valence-electron chi connectivity index (χ4n) is 3.93. The van der Waals surface area contributed by atoms with Crippen molar-refractivity contribution in [3.63, 3.8) is 0 Å². The molecule has 2 aliphatic heterocycles. The van der Waals surface area contributed by atoms with Crippen molar-refractivity contribution < 1.29 is 28.7 Å². The van der Waals surface area contributed by atoms with E-state index in [1.807, 2.05) is 19.3 Å². The highest BCUT2D eigenvalue weighted by atomic mass is 32.2. The summed E-state index contributed by atoms with van der Waals surface area (Å²) in [5.41, 5.74) is 0. The van der Waals surface area contributed by atoms with Gasteiger partial charge in [-0.3, -0.25) is 19.2 Å². The van der Waals surface area contributed by atoms with Crippen LogP contribution >= 0.6 is 23.5 Å². The van der Waals surface area contributed by atoms with Gasteiger partial charge in [-0.05, 0) is 36.3 Å². The van der Waals surface area contributed by atoms with Crippen molar-refractivity contribution in [2.75, 3.05) is 17.8 Å². The number of amides is 4. The Morgan fingerprint density at radius 2 is 1.62 bits per heavy atom. The second-order valence-electron chi connectivity index (χ2n) is 9.99. The zero-order chi connectivity index (χ0) is 27.7. The first-order valence-corrected chi connectivity index (χ1v) is 15.1. The van der Waals surface area contributed by atoms with Gasteiger partial charge in [-0.2, -0.15) is 23.5 Å². The first-order valence-electron chi connectivity index (χ1n) is 12.6. The summed E-state index contributed by atoms with van der Waals surface area (Å²) in [7, 11) is 0. The Kier molecular flexibility index (Phi) is 12.3. The number of fused-ring (bicyclic) bond motifs is 3. The molecule has 0 saturated carbocycles. The van der Waals surface area contributed by atoms with Crippen LogP contribution in [-0.2, 0) is 28.7 Å². The number of hydrogen-bond acceptors (Lipinski definition) is 8. The number of carbonyl (C=O) groups excluding carboxylic acids is 5. The molecule has 2 fully saturated rings. The van der Waals surface area contributed by atoms with Gasteiger partial charge in [-0.25, -0.2) is 4.79 Å². The van der Waals surface area contributed by atoms with E-state index < -0.39 is 59.9 Å². The largest absolute Gasteiger partial charge is 0.456 e. The van der Waals surface area contributed by atoms with Crippen LogP contribution in [0.4, 0.5) is 0 Å². The van der Waals surface area contributed by atoms with Crippen LogP contribution in [0.1, 0.15) is 47.5 Å². The van der Waals surface area contributed by atoms with Crippen LogP contribution in [0.3, 0.4) is 0 Å². The average Bonchev–Trinajstić information content (AvgIpc) is 2.95. The number of esters is 1. The van der Waals surface area contributed by atoms with Crippen molar-refractivity contribution in [3.8, 4) is 0 Å². The summed E-state index contributed by atoms with van der Waals surface area (Å²) in [4.78, 5) is 65.3. The minimum Gasteiger partial charge on any atom is -0.456 e. The zero-order valence-electron chi connectivity index (χ0n) is 22.4. The number of hydrogen-bond donors (Lipinski definition) is 4. The molecule has 10 nitrogen and oxygen atoms in total. The molecule has 2 rings (SSSR count). The van der Waals surface area contributed by atoms with Crippen LogP contribution in [0.5, 0.6) is 0 Å². The Labute approximate surface area is 227 Å². The van der Waals surface area contributed by atoms with E-state index in [1.165, 1.54) is 11.8 Å². The van der Waals surface area contributed by atoms with Crippen molar-refractivity contribution in [2.24, 2.45) is 11.8 Å². The lowest BCUT2D eigenvalue weighted by Gasteiger charge is -2.28. The lowest BCUT2D eigenvalue weighted by atomic mass is 10.0. The second kappa shape index (κ2) is 14.7. The molecule has 2 unspecified atom stereocenters. The standard InChI is InChI=1S/C25H40N4O6S2/c1-13(2)19-23(32)26-17-12-37-15(5)21(29-22(17)31)24(33)28-20(14(3)4)25(34)35-16(11-18(30)27-19)9-7-8-10-36-6/h7,9,13-17,19-21H,8,10-12H2,1-6H3,(H,26,32)(H,27,30)(H,28,33)(H,29,31)/b9-7+/t15?,16-,17+,19+,20-,21?/m0/s1. The van der Waals surface area contributed by atoms with E-state index in [0.717, 1.165) is 12.2 Å². The minimum atomic E-state index is -0.971. The molecule has 12 heteroatoms. The summed E-state index contributed by atoms with van der Waals surface area (Å²) in [5, 5.41) is 10.6. The van der Waals surface area contributed by atoms with Gasteiger partial charge in [0, 0.05) is 11.0 Å². The minimum absolute atomic E-state index is 0.184. The maximum absolute atomic E-state index is 13.2. The maximum atomic E-state index is 13.2. The molecule has 0 radical (unpaired) electrons. The third-order valence-electron chi connectivity index (χ3n) is 6.19. The van der Waals surface area contributed by atoms with E-state index in [1.54, 1.807) is 45.5 Å². The lowest BCUT2D eigenvalue weighted by Crippen LogP contribution is -2.59. The molecule has 2 aliphatic rings. The molecule has 0 aromatic carbocycles. The smallest absolute Gasteiger partial charge is 0.329 e. The van der Waals surface area contributed by atoms with Crippen molar-refractivity contribution in [2.45, 2.75) is 83.0 Å². The van der Waals surface area contributed by atoms with Crippen molar-refractivity contribution >= 4 is 53.1 Å². The van der Waals surface area contributed by atoms with Crippen LogP contribution in [0.15, 0.2) is 12.2 Å². The zero-order valence-corrected chi connectivity index (χ0v) is 24.0. The monoisotopic (exact) mass is 556 g/mol. The molecule has 2 bridgehead atoms. The van der Waals surface area contributed by atoms with Gasteiger partial charge in [-0.1, -0.05) is 40.7 Å². The Hall–Kier alpha value is -2.21. The highest BCUT2D eigenvalue weighted by molar-refractivity contribution is 8.00. The van der Waals surface area contributed by atoms with Gasteiger partial charge < -0.3 is 26.0 Å². The normalized spacial score (nSPS) is 30.5. The molecule has 37 heavy (non-hydrogen) atoms. The topological polar surface area (TPSA) is 143 Å². The predicted octanol–water partition coefficient (Wildman–Crippen LogP) is 0.998. The van der Waals surface area contributed by atoms with Crippen LogP contribution in [0.25, 0.3) is 0 Å². The molecule has 6 atom stereocenters. The molecule has 4 amide bonds. The van der Waals surface area contributed by atoms with Gasteiger partial charge in [0.15, 0.2) is 0 Å². The Balaban J connectivity index is 2.43. The van der Waals surface area contributed by atoms with Crippen LogP contribution in [0.2, 0.25) is 0 Å². The van der Waals surface area contributed by atoms with Crippen LogP contribution in [-0.4, -0.2) is 82.9 Å². The Morgan fingerprint density at radius 3 is 2.24 bits per heavy atom. The molecule has 0 aromatic rings. The molecule has 2 saturated heterocycles. The number of carbonyl (C=O) groups is 5. The SMILES string of the molecule is CSCC/C=C/[C@H]1CC(=O)N[C@H](C(C)C)C(=O)N[C@@H]2CSC(C)C(NC2=O)C(=O)N[C@@H](C(C)C)C(=O)O1. The van der Waals surface area contributed by atoms with Crippen molar-refractivity contribution in [3.05, 3.63) is 12.2 Å². The molecule has 0 aliphatic carbocycles. The average molecular weight is 557 g/mol. The number of allylic oxidation sites excluding steroid dienone is 1. The van der Waals surface area contributed by atoms with Crippen molar-refractivity contribution in [1.29, 1.82) is 0 Å². The summed E-state index contributed by atoms with van der Waals surface area (Å²) < 4.78 is 5.70. The third-order valence-corrected chi connectivity index (χ3v) is 8.15. The highest BCUT2D eigenvalue weighted by Gasteiger charge is 2.39. The van der Waals surface area contributed by atoms with E-state index in [-0.39, 0.29) is 29.3 Å². The highest BCUT2D eigenvalue weighted by Crippen LogP contribution is 2.21. The fraction of sp³-hybridized carbons (Fsp3) is 0.720. The molecule has 208 valence electrons. The van der Waals surface area contributed by atoms with Gasteiger partial charge in [0.25, 0.3) is 0 Å². The lowest BCUT2D eigenvalue weighted by molar-refractivity contribution is -0.153. The Bertz CT molecular complexity index is 881. The van der Waals surface area contributed by atoms with E-state index in [0.29, 0.717) is 0 Å². The number of cyclic esters (lactones) is 1. The van der Waals surface area contributed by atoms with E-state index >= 15 is 0 Å². The molecular formula is C25H40N4O6S2. The van der Waals surface area contributed by atoms with Gasteiger partial charge in [0.2, 0.25) is 23.6 Å². The number of nitrogens with one attached hydrogen (secondary N) is 4. The molecule has 0 aromatic heterocycles. The summed E-state index contributed by atoms with van der Waals surface area (Å²) in [6.45, 7) is 8.95. The second-order valence-corrected chi connectivity index (χ2v) is 12.4. The molecule has 0 spiro atoms. The molecule has 2 heterocycles. The van der Waals surface area contributed by atoms with Crippen molar-refractivity contribution in [1.82, 2.24) is 21.3 Å². The van der Waals surface area contributed by atoms with E-state index in [9.17, 15) is 24.0 Å². The van der Waals surface area contributed by atoms with E-state index in [4.69, 9.17) is 4.74 Å². The first-order chi connectivity index (χ1) is 17.4. The fourth-order valence-corrected chi connectivity index (χ4v) is 5.42. The van der Waals surface area contributed by atoms with Crippen LogP contribution in [0, 0.1) is 11.8 Å². The van der Waals surface area contributed by atoms with Crippen LogP contribution < -0.4 is 21.3 Å². The number of ether oxygens (including phenoxy) is 1. The van der Waals surface area contributed by atoms with Gasteiger partial charge in [-0.15, -0.1) is 0 Å². The summed E-state index contributed by atoms with van der Waals surface area (Å²) >= 11 is 3.04. The summed E-state index contributed by atoms with van der Waals surface area (Å²) in [5.74, 6) is -2.05.